The van der Waals surface area contributed by atoms with Gasteiger partial charge >= 0.3 is 17.9 Å². The average molecular weight is 560 g/mol. The van der Waals surface area contributed by atoms with Crippen LogP contribution in [0.1, 0.15) is 41.5 Å². The van der Waals surface area contributed by atoms with Crippen LogP contribution in [-0.2, 0) is 51.6 Å². The van der Waals surface area contributed by atoms with Crippen LogP contribution in [0.15, 0.2) is 12.2 Å². The molecule has 1 unspecified atom stereocenters. The van der Waals surface area contributed by atoms with E-state index in [1.165, 1.54) is 0 Å². The molecule has 0 aliphatic rings. The van der Waals surface area contributed by atoms with E-state index in [0.717, 1.165) is 0 Å². The highest BCUT2D eigenvalue weighted by Crippen LogP contribution is 2.49. The molecule has 0 aromatic rings. The summed E-state index contributed by atoms with van der Waals surface area (Å²) >= 11 is 0. The van der Waals surface area contributed by atoms with Crippen LogP contribution in [0.25, 0.3) is 0 Å². The number of hydrogen-bond acceptors (Lipinski definition) is 12. The van der Waals surface area contributed by atoms with Gasteiger partial charge in [-0.25, -0.2) is 4.79 Å². The predicted octanol–water partition coefficient (Wildman–Crippen LogP) is 2.15. The van der Waals surface area contributed by atoms with Crippen LogP contribution in [0.2, 0.25) is 0 Å². The third-order valence-electron chi connectivity index (χ3n) is 4.37. The first-order chi connectivity index (χ1) is 17.2. The molecule has 1 atom stereocenters. The molecule has 220 valence electrons. The number of carbonyl (C=O) groups is 1. The summed E-state index contributed by atoms with van der Waals surface area (Å²) in [6, 6.07) is 0. The molecule has 0 rings (SSSR count). The predicted molar refractivity (Wildman–Crippen MR) is 132 cm³/mol. The number of nitrogens with zero attached hydrogens (tertiary/aromatic N) is 1. The molecule has 0 saturated heterocycles. The van der Waals surface area contributed by atoms with E-state index in [9.17, 15) is 14.3 Å². The lowest BCUT2D eigenvalue weighted by atomic mass is 10.3. The number of ether oxygens (including phenoxy) is 7. The molecule has 37 heavy (non-hydrogen) atoms. The van der Waals surface area contributed by atoms with Crippen molar-refractivity contribution in [1.29, 1.82) is 0 Å². The van der Waals surface area contributed by atoms with Crippen molar-refractivity contribution < 1.29 is 60.9 Å². The summed E-state index contributed by atoms with van der Waals surface area (Å²) in [5.41, 5.74) is -0.237. The van der Waals surface area contributed by atoms with Gasteiger partial charge in [-0.15, -0.1) is 0 Å². The lowest BCUT2D eigenvalue weighted by Gasteiger charge is -2.46. The fraction of sp³-hybridized carbons (Fsp3) is 0.870. The third kappa shape index (κ3) is 11.8. The van der Waals surface area contributed by atoms with Crippen molar-refractivity contribution in [3.05, 3.63) is 12.2 Å². The summed E-state index contributed by atoms with van der Waals surface area (Å²) in [5, 5.41) is 0. The second-order valence-corrected chi connectivity index (χ2v) is 9.72. The van der Waals surface area contributed by atoms with Crippen LogP contribution in [-0.4, -0.2) is 103 Å². The highest BCUT2D eigenvalue weighted by Gasteiger charge is 2.65. The van der Waals surface area contributed by atoms with Gasteiger partial charge in [0.15, 0.2) is 6.29 Å². The molecule has 0 aromatic carbocycles. The first kappa shape index (κ1) is 36.0. The van der Waals surface area contributed by atoms with Crippen LogP contribution in [0.4, 0.5) is 0 Å². The number of quaternary nitrogens is 1. The van der Waals surface area contributed by atoms with Crippen molar-refractivity contribution in [2.45, 2.75) is 59.8 Å². The van der Waals surface area contributed by atoms with Crippen molar-refractivity contribution in [2.75, 3.05) is 73.9 Å². The van der Waals surface area contributed by atoms with E-state index in [-0.39, 0.29) is 51.8 Å². The molecule has 0 N–H and O–H groups in total. The van der Waals surface area contributed by atoms with Crippen molar-refractivity contribution in [2.24, 2.45) is 0 Å². The van der Waals surface area contributed by atoms with Crippen molar-refractivity contribution in [3.8, 4) is 0 Å². The topological polar surface area (TPSA) is 140 Å². The zero-order valence-electron chi connectivity index (χ0n) is 23.7. The minimum Gasteiger partial charge on any atom is -0.756 e. The lowest BCUT2D eigenvalue weighted by Crippen LogP contribution is -2.65. The Balaban J connectivity index is 6.52. The summed E-state index contributed by atoms with van der Waals surface area (Å²) in [5.74, 6) is -6.48. The largest absolute Gasteiger partial charge is 0.756 e. The number of carbonyl (C=O) groups excluding carboxylic acids is 1. The Labute approximate surface area is 221 Å². The molecule has 0 amide bonds. The molecular weight excluding hydrogens is 513 g/mol. The van der Waals surface area contributed by atoms with Crippen LogP contribution >= 0.6 is 7.82 Å². The highest BCUT2D eigenvalue weighted by molar-refractivity contribution is 7.45. The van der Waals surface area contributed by atoms with Gasteiger partial charge in [-0.1, -0.05) is 6.58 Å². The maximum atomic E-state index is 13.2. The average Bonchev–Trinajstić information content (AvgIpc) is 2.77. The molecule has 13 nitrogen and oxygen atoms in total. The van der Waals surface area contributed by atoms with E-state index >= 15 is 0 Å². The maximum absolute atomic E-state index is 13.2. The molecule has 0 heterocycles. The summed E-state index contributed by atoms with van der Waals surface area (Å²) in [6.07, 6.45) is -1.14. The molecule has 0 aromatic heterocycles. The summed E-state index contributed by atoms with van der Waals surface area (Å²) in [7, 11) is 0.451. The molecule has 0 radical (unpaired) electrons. The van der Waals surface area contributed by atoms with Crippen LogP contribution in [0.5, 0.6) is 0 Å². The summed E-state index contributed by atoms with van der Waals surface area (Å²) in [6.45, 7) is 13.4. The van der Waals surface area contributed by atoms with Gasteiger partial charge in [0.1, 0.15) is 13.2 Å². The van der Waals surface area contributed by atoms with E-state index in [4.69, 9.17) is 42.2 Å². The first-order valence-corrected chi connectivity index (χ1v) is 13.9. The Morgan fingerprint density at radius 3 is 1.65 bits per heavy atom. The van der Waals surface area contributed by atoms with E-state index in [2.05, 4.69) is 6.58 Å². The summed E-state index contributed by atoms with van der Waals surface area (Å²) in [4.78, 5) is 26.2. The standard InChI is InChI=1S/C23H46NO12P/c1-11-28-21(29-12-2)19(7)20(25)35-22(30-13-3,31-14-4)23(32-15-5,33-16-6)36-37(26,27)34-18-17-24(8,9)10/h21H,7,11-18H2,1-6,8-10H3. The number of rotatable bonds is 22. The normalized spacial score (nSPS) is 14.6. The third-order valence-corrected chi connectivity index (χ3v) is 5.33. The van der Waals surface area contributed by atoms with Gasteiger partial charge in [0.25, 0.3) is 7.82 Å². The van der Waals surface area contributed by atoms with Crippen molar-refractivity contribution in [3.63, 3.8) is 0 Å². The second kappa shape index (κ2) is 16.9. The van der Waals surface area contributed by atoms with Gasteiger partial charge in [-0.05, 0) is 41.5 Å². The van der Waals surface area contributed by atoms with Gasteiger partial charge in [-0.3, -0.25) is 9.09 Å². The first-order valence-electron chi connectivity index (χ1n) is 12.4. The van der Waals surface area contributed by atoms with Gasteiger partial charge in [0.2, 0.25) is 0 Å². The SMILES string of the molecule is C=C(C(=O)OC(OCC)(OCC)C(OCC)(OCC)OP(=O)([O-])OCC[N+](C)(C)C)C(OCC)OCC. The van der Waals surface area contributed by atoms with E-state index in [1.54, 1.807) is 41.5 Å². The number of phosphoric ester groups is 1. The van der Waals surface area contributed by atoms with Gasteiger partial charge in [-0.2, -0.15) is 0 Å². The molecule has 0 spiro atoms. The van der Waals surface area contributed by atoms with Crippen molar-refractivity contribution >= 4 is 13.8 Å². The lowest BCUT2D eigenvalue weighted by molar-refractivity contribution is -0.870. The Hall–Kier alpha value is -0.960. The van der Waals surface area contributed by atoms with Gasteiger partial charge < -0.3 is 47.1 Å². The van der Waals surface area contributed by atoms with Crippen LogP contribution < -0.4 is 4.89 Å². The molecule has 0 fully saturated rings. The Morgan fingerprint density at radius 2 is 1.27 bits per heavy atom. The monoisotopic (exact) mass is 559 g/mol. The molecule has 0 aliphatic carbocycles. The van der Waals surface area contributed by atoms with Crippen LogP contribution in [0.3, 0.4) is 0 Å². The minimum absolute atomic E-state index is 0.128. The molecule has 0 aliphatic heterocycles. The Morgan fingerprint density at radius 1 is 0.838 bits per heavy atom. The van der Waals surface area contributed by atoms with Gasteiger partial charge in [0.05, 0.1) is 53.1 Å². The van der Waals surface area contributed by atoms with E-state index in [1.807, 2.05) is 21.1 Å². The molecular formula is C23H46NO12P. The fourth-order valence-electron chi connectivity index (χ4n) is 2.86. The highest BCUT2D eigenvalue weighted by atomic mass is 31.2. The molecule has 14 heteroatoms. The van der Waals surface area contributed by atoms with Crippen molar-refractivity contribution in [1.82, 2.24) is 0 Å². The van der Waals surface area contributed by atoms with Crippen LogP contribution in [0, 0.1) is 0 Å². The quantitative estimate of drug-likeness (QED) is 0.0631. The number of hydrogen-bond donors (Lipinski definition) is 0. The molecule has 0 bridgehead atoms. The second-order valence-electron chi connectivity index (χ2n) is 8.39. The Kier molecular flexibility index (Phi) is 16.4. The fourth-order valence-corrected chi connectivity index (χ4v) is 3.73. The number of phosphoric acid groups is 1. The van der Waals surface area contributed by atoms with Gasteiger partial charge in [0, 0.05) is 13.2 Å². The summed E-state index contributed by atoms with van der Waals surface area (Å²) < 4.78 is 62.8. The minimum atomic E-state index is -5.14. The number of likely N-dealkylation sites (N-methyl/N-ethyl adjacent to an activating group) is 1. The number of esters is 1. The van der Waals surface area contributed by atoms with E-state index < -0.39 is 32.0 Å². The smallest absolute Gasteiger partial charge is 0.417 e. The van der Waals surface area contributed by atoms with E-state index in [0.29, 0.717) is 11.0 Å². The zero-order valence-corrected chi connectivity index (χ0v) is 24.6. The molecule has 0 saturated carbocycles. The Bertz CT molecular complexity index is 709. The zero-order chi connectivity index (χ0) is 28.8. The maximum Gasteiger partial charge on any atom is 0.417 e.